The van der Waals surface area contributed by atoms with Crippen molar-refractivity contribution in [3.8, 4) is 12.3 Å². The molecular weight excluding hydrogens is 252 g/mol. The fraction of sp³-hybridized carbons (Fsp3) is 0.438. The summed E-state index contributed by atoms with van der Waals surface area (Å²) in [6.07, 6.45) is 8.26. The zero-order valence-electron chi connectivity index (χ0n) is 11.6. The SMILES string of the molecule is C#CCCCCNC(=O)NC(CO)Cc1ccccc1. The number of carbonyl (C=O) groups excluding carboxylic acids is 1. The average Bonchev–Trinajstić information content (AvgIpc) is 2.47. The summed E-state index contributed by atoms with van der Waals surface area (Å²) in [5.41, 5.74) is 1.08. The third-order valence-corrected chi connectivity index (χ3v) is 2.91. The quantitative estimate of drug-likeness (QED) is 0.499. The summed E-state index contributed by atoms with van der Waals surface area (Å²) in [6.45, 7) is 0.510. The van der Waals surface area contributed by atoms with Gasteiger partial charge in [0.2, 0.25) is 0 Å². The largest absolute Gasteiger partial charge is 0.394 e. The highest BCUT2D eigenvalue weighted by Crippen LogP contribution is 2.02. The fourth-order valence-corrected chi connectivity index (χ4v) is 1.85. The molecule has 2 amide bonds. The van der Waals surface area contributed by atoms with Gasteiger partial charge in [0.05, 0.1) is 12.6 Å². The topological polar surface area (TPSA) is 61.4 Å². The van der Waals surface area contributed by atoms with Gasteiger partial charge in [-0.15, -0.1) is 12.3 Å². The van der Waals surface area contributed by atoms with Gasteiger partial charge in [-0.1, -0.05) is 30.3 Å². The third kappa shape index (κ3) is 6.81. The normalized spacial score (nSPS) is 11.4. The van der Waals surface area contributed by atoms with E-state index in [9.17, 15) is 9.90 Å². The number of rotatable bonds is 8. The van der Waals surface area contributed by atoms with E-state index in [1.54, 1.807) is 0 Å². The molecule has 0 saturated heterocycles. The van der Waals surface area contributed by atoms with E-state index >= 15 is 0 Å². The molecule has 0 radical (unpaired) electrons. The zero-order chi connectivity index (χ0) is 14.6. The van der Waals surface area contributed by atoms with Crippen molar-refractivity contribution in [2.24, 2.45) is 0 Å². The van der Waals surface area contributed by atoms with Gasteiger partial charge < -0.3 is 15.7 Å². The second-order valence-corrected chi connectivity index (χ2v) is 4.63. The summed E-state index contributed by atoms with van der Waals surface area (Å²) < 4.78 is 0. The number of benzene rings is 1. The van der Waals surface area contributed by atoms with Crippen molar-refractivity contribution in [1.29, 1.82) is 0 Å². The van der Waals surface area contributed by atoms with Crippen molar-refractivity contribution >= 4 is 6.03 Å². The van der Waals surface area contributed by atoms with Crippen LogP contribution < -0.4 is 10.6 Å². The van der Waals surface area contributed by atoms with Gasteiger partial charge in [-0.2, -0.15) is 0 Å². The summed E-state index contributed by atoms with van der Waals surface area (Å²) in [6, 6.07) is 9.24. The fourth-order valence-electron chi connectivity index (χ4n) is 1.85. The summed E-state index contributed by atoms with van der Waals surface area (Å²) in [5.74, 6) is 2.56. The average molecular weight is 274 g/mol. The predicted molar refractivity (Wildman–Crippen MR) is 80.2 cm³/mol. The van der Waals surface area contributed by atoms with E-state index in [0.717, 1.165) is 24.8 Å². The lowest BCUT2D eigenvalue weighted by molar-refractivity contribution is 0.216. The van der Waals surface area contributed by atoms with Gasteiger partial charge >= 0.3 is 6.03 Å². The molecule has 1 unspecified atom stereocenters. The van der Waals surface area contributed by atoms with Crippen LogP contribution >= 0.6 is 0 Å². The first-order chi connectivity index (χ1) is 9.76. The Balaban J connectivity index is 2.26. The highest BCUT2D eigenvalue weighted by Gasteiger charge is 2.11. The van der Waals surface area contributed by atoms with Crippen LogP contribution in [0.1, 0.15) is 24.8 Å². The molecule has 3 N–H and O–H groups in total. The summed E-state index contributed by atoms with van der Waals surface area (Å²) in [7, 11) is 0. The lowest BCUT2D eigenvalue weighted by atomic mass is 10.1. The van der Waals surface area contributed by atoms with Gasteiger partial charge in [-0.25, -0.2) is 4.79 Å². The van der Waals surface area contributed by atoms with Crippen LogP contribution in [0.25, 0.3) is 0 Å². The minimum Gasteiger partial charge on any atom is -0.394 e. The molecule has 1 aromatic carbocycles. The number of hydrogen-bond acceptors (Lipinski definition) is 2. The lowest BCUT2D eigenvalue weighted by Gasteiger charge is -2.17. The molecule has 0 fully saturated rings. The second-order valence-electron chi connectivity index (χ2n) is 4.63. The Labute approximate surface area is 120 Å². The van der Waals surface area contributed by atoms with Crippen LogP contribution in [0.2, 0.25) is 0 Å². The van der Waals surface area contributed by atoms with Crippen molar-refractivity contribution in [1.82, 2.24) is 10.6 Å². The molecule has 1 aromatic rings. The number of hydrogen-bond donors (Lipinski definition) is 3. The lowest BCUT2D eigenvalue weighted by Crippen LogP contribution is -2.45. The van der Waals surface area contributed by atoms with Crippen molar-refractivity contribution in [3.05, 3.63) is 35.9 Å². The van der Waals surface area contributed by atoms with Gasteiger partial charge in [-0.3, -0.25) is 0 Å². The molecule has 0 saturated carbocycles. The second kappa shape index (κ2) is 9.88. The van der Waals surface area contributed by atoms with E-state index in [-0.39, 0.29) is 18.7 Å². The smallest absolute Gasteiger partial charge is 0.315 e. The van der Waals surface area contributed by atoms with E-state index in [0.29, 0.717) is 13.0 Å². The summed E-state index contributed by atoms with van der Waals surface area (Å²) in [4.78, 5) is 11.7. The molecule has 0 spiro atoms. The van der Waals surface area contributed by atoms with Gasteiger partial charge in [0.1, 0.15) is 0 Å². The molecule has 108 valence electrons. The molecule has 1 atom stereocenters. The highest BCUT2D eigenvalue weighted by atomic mass is 16.3. The van der Waals surface area contributed by atoms with Gasteiger partial charge in [0.25, 0.3) is 0 Å². The number of amides is 2. The monoisotopic (exact) mass is 274 g/mol. The maximum absolute atomic E-state index is 11.7. The molecule has 0 heterocycles. The van der Waals surface area contributed by atoms with E-state index < -0.39 is 0 Å². The van der Waals surface area contributed by atoms with Crippen LogP contribution in [-0.4, -0.2) is 30.3 Å². The summed E-state index contributed by atoms with van der Waals surface area (Å²) in [5, 5.41) is 14.8. The Kier molecular flexibility index (Phi) is 7.93. The number of nitrogens with one attached hydrogen (secondary N) is 2. The van der Waals surface area contributed by atoms with Crippen LogP contribution in [-0.2, 0) is 6.42 Å². The number of aliphatic hydroxyl groups excluding tert-OH is 1. The Hall–Kier alpha value is -1.99. The standard InChI is InChI=1S/C16H22N2O2/c1-2-3-4-8-11-17-16(20)18-15(13-19)12-14-9-6-5-7-10-14/h1,5-7,9-10,15,19H,3-4,8,11-13H2,(H2,17,18,20). The molecule has 0 aliphatic rings. The maximum Gasteiger partial charge on any atom is 0.315 e. The van der Waals surface area contributed by atoms with E-state index in [1.807, 2.05) is 30.3 Å². The summed E-state index contributed by atoms with van der Waals surface area (Å²) >= 11 is 0. The first-order valence-electron chi connectivity index (χ1n) is 6.89. The minimum atomic E-state index is -0.275. The molecule has 0 bridgehead atoms. The van der Waals surface area contributed by atoms with Crippen LogP contribution in [0.15, 0.2) is 30.3 Å². The Morgan fingerprint density at radius 1 is 1.30 bits per heavy atom. The molecule has 4 nitrogen and oxygen atoms in total. The Morgan fingerprint density at radius 2 is 2.05 bits per heavy atom. The molecule has 1 rings (SSSR count). The molecule has 4 heteroatoms. The third-order valence-electron chi connectivity index (χ3n) is 2.91. The van der Waals surface area contributed by atoms with Gasteiger partial charge in [0.15, 0.2) is 0 Å². The van der Waals surface area contributed by atoms with Crippen LogP contribution in [0.5, 0.6) is 0 Å². The highest BCUT2D eigenvalue weighted by molar-refractivity contribution is 5.74. The van der Waals surface area contributed by atoms with Crippen LogP contribution in [0.3, 0.4) is 0 Å². The molecule has 0 aromatic heterocycles. The Bertz CT molecular complexity index is 426. The first-order valence-corrected chi connectivity index (χ1v) is 6.89. The van der Waals surface area contributed by atoms with Gasteiger partial charge in [0, 0.05) is 13.0 Å². The van der Waals surface area contributed by atoms with Crippen LogP contribution in [0.4, 0.5) is 4.79 Å². The molecule has 0 aliphatic carbocycles. The zero-order valence-corrected chi connectivity index (χ0v) is 11.6. The number of aliphatic hydroxyl groups is 1. The Morgan fingerprint density at radius 3 is 2.70 bits per heavy atom. The first kappa shape index (κ1) is 16.1. The van der Waals surface area contributed by atoms with Crippen molar-refractivity contribution < 1.29 is 9.90 Å². The predicted octanol–water partition coefficient (Wildman–Crippen LogP) is 1.69. The van der Waals surface area contributed by atoms with Gasteiger partial charge in [-0.05, 0) is 24.8 Å². The maximum atomic E-state index is 11.7. The van der Waals surface area contributed by atoms with Crippen molar-refractivity contribution in [2.75, 3.05) is 13.2 Å². The van der Waals surface area contributed by atoms with E-state index in [2.05, 4.69) is 16.6 Å². The minimum absolute atomic E-state index is 0.0839. The molecular formula is C16H22N2O2. The van der Waals surface area contributed by atoms with Crippen molar-refractivity contribution in [2.45, 2.75) is 31.7 Å². The number of carbonyl (C=O) groups is 1. The number of terminal acetylenes is 1. The van der Waals surface area contributed by atoms with E-state index in [1.165, 1.54) is 0 Å². The number of urea groups is 1. The number of unbranched alkanes of at least 4 members (excludes halogenated alkanes) is 2. The molecule has 20 heavy (non-hydrogen) atoms. The molecule has 0 aliphatic heterocycles. The van der Waals surface area contributed by atoms with Crippen LogP contribution in [0, 0.1) is 12.3 Å². The van der Waals surface area contributed by atoms with Crippen molar-refractivity contribution in [3.63, 3.8) is 0 Å². The van der Waals surface area contributed by atoms with E-state index in [4.69, 9.17) is 6.42 Å².